The predicted molar refractivity (Wildman–Crippen MR) is 43.7 cm³/mol. The molecule has 0 saturated heterocycles. The number of amides is 2. The number of anilines is 1. The minimum Gasteiger partial charge on any atom is -0.280 e. The van der Waals surface area contributed by atoms with Crippen molar-refractivity contribution in [2.45, 2.75) is 0 Å². The quantitative estimate of drug-likeness (QED) is 0.273. The highest BCUT2D eigenvalue weighted by molar-refractivity contribution is 5.74. The first-order chi connectivity index (χ1) is 5.83. The molecule has 0 radical (unpaired) electrons. The van der Waals surface area contributed by atoms with E-state index in [9.17, 15) is 4.79 Å². The number of hydrogen-bond acceptors (Lipinski definition) is 4. The van der Waals surface area contributed by atoms with E-state index < -0.39 is 6.03 Å². The van der Waals surface area contributed by atoms with Crippen molar-refractivity contribution >= 4 is 11.8 Å². The molecule has 6 heteroatoms. The van der Waals surface area contributed by atoms with Gasteiger partial charge < -0.3 is 0 Å². The molecular weight excluding hydrogens is 158 g/mol. The molecule has 0 aromatic carbocycles. The highest BCUT2D eigenvalue weighted by Gasteiger charge is 1.94. The molecule has 1 heterocycles. The lowest BCUT2D eigenvalue weighted by Crippen LogP contribution is -2.42. The van der Waals surface area contributed by atoms with Crippen LogP contribution in [0.1, 0.15) is 0 Å². The van der Waals surface area contributed by atoms with E-state index in [0.717, 1.165) is 0 Å². The smallest absolute Gasteiger partial charge is 0.280 e. The Labute approximate surface area is 69.1 Å². The lowest BCUT2D eigenvalue weighted by atomic mass is 10.5. The molecule has 2 amide bonds. The van der Waals surface area contributed by atoms with Crippen LogP contribution >= 0.6 is 0 Å². The van der Waals surface area contributed by atoms with Crippen LogP contribution in [0.3, 0.4) is 0 Å². The minimum absolute atomic E-state index is 0.527. The van der Waals surface area contributed by atoms with Crippen LogP contribution in [0.15, 0.2) is 24.4 Å². The molecule has 6 nitrogen and oxygen atoms in total. The molecular formula is C6H9N5O. The van der Waals surface area contributed by atoms with E-state index in [2.05, 4.69) is 15.8 Å². The SMILES string of the molecule is NNC(=O)NNc1ccccn1. The third-order valence-electron chi connectivity index (χ3n) is 1.10. The molecule has 64 valence electrons. The molecule has 0 bridgehead atoms. The summed E-state index contributed by atoms with van der Waals surface area (Å²) in [4.78, 5) is 14.4. The topological polar surface area (TPSA) is 92.1 Å². The van der Waals surface area contributed by atoms with Gasteiger partial charge in [-0.3, -0.25) is 10.9 Å². The summed E-state index contributed by atoms with van der Waals surface area (Å²) in [5.41, 5.74) is 6.70. The van der Waals surface area contributed by atoms with Gasteiger partial charge in [0.2, 0.25) is 0 Å². The van der Waals surface area contributed by atoms with Crippen LogP contribution in [0.4, 0.5) is 10.6 Å². The normalized spacial score (nSPS) is 8.75. The van der Waals surface area contributed by atoms with Gasteiger partial charge in [-0.15, -0.1) is 0 Å². The summed E-state index contributed by atoms with van der Waals surface area (Å²) in [6, 6.07) is 4.74. The molecule has 0 aliphatic rings. The third kappa shape index (κ3) is 2.43. The molecule has 1 aromatic heterocycles. The number of aromatic nitrogens is 1. The van der Waals surface area contributed by atoms with Crippen LogP contribution < -0.4 is 22.1 Å². The van der Waals surface area contributed by atoms with Crippen LogP contribution in [0.5, 0.6) is 0 Å². The Kier molecular flexibility index (Phi) is 2.86. The molecule has 0 atom stereocenters. The van der Waals surface area contributed by atoms with Gasteiger partial charge in [0.1, 0.15) is 5.82 Å². The molecule has 0 saturated carbocycles. The number of hydrogen-bond donors (Lipinski definition) is 4. The Morgan fingerprint density at radius 2 is 2.33 bits per heavy atom. The number of nitrogens with two attached hydrogens (primary N) is 1. The number of urea groups is 1. The fourth-order valence-electron chi connectivity index (χ4n) is 0.594. The zero-order valence-electron chi connectivity index (χ0n) is 6.24. The number of nitrogens with zero attached hydrogens (tertiary/aromatic N) is 1. The van der Waals surface area contributed by atoms with Crippen LogP contribution in [0, 0.1) is 0 Å². The van der Waals surface area contributed by atoms with E-state index in [4.69, 9.17) is 5.84 Å². The first kappa shape index (κ1) is 8.28. The van der Waals surface area contributed by atoms with Crippen molar-refractivity contribution in [1.82, 2.24) is 15.8 Å². The second-order valence-corrected chi connectivity index (χ2v) is 1.94. The molecule has 0 aliphatic heterocycles. The average Bonchev–Trinajstić information content (AvgIpc) is 2.16. The van der Waals surface area contributed by atoms with Crippen molar-refractivity contribution in [2.75, 3.05) is 5.43 Å². The lowest BCUT2D eigenvalue weighted by Gasteiger charge is -2.05. The Balaban J connectivity index is 2.38. The summed E-state index contributed by atoms with van der Waals surface area (Å²) in [5.74, 6) is 5.36. The highest BCUT2D eigenvalue weighted by atomic mass is 16.2. The summed E-state index contributed by atoms with van der Waals surface area (Å²) in [5, 5.41) is 0. The van der Waals surface area contributed by atoms with Crippen molar-refractivity contribution in [1.29, 1.82) is 0 Å². The van der Waals surface area contributed by atoms with E-state index in [0.29, 0.717) is 5.82 Å². The van der Waals surface area contributed by atoms with E-state index in [1.54, 1.807) is 24.4 Å². The maximum atomic E-state index is 10.5. The summed E-state index contributed by atoms with van der Waals surface area (Å²) < 4.78 is 0. The van der Waals surface area contributed by atoms with Crippen molar-refractivity contribution in [3.05, 3.63) is 24.4 Å². The van der Waals surface area contributed by atoms with Crippen molar-refractivity contribution in [3.63, 3.8) is 0 Å². The maximum absolute atomic E-state index is 10.5. The molecule has 1 rings (SSSR count). The van der Waals surface area contributed by atoms with Gasteiger partial charge in [-0.1, -0.05) is 6.07 Å². The summed E-state index contributed by atoms with van der Waals surface area (Å²) in [6.45, 7) is 0. The van der Waals surface area contributed by atoms with Crippen molar-refractivity contribution in [3.8, 4) is 0 Å². The number of hydrazine groups is 2. The maximum Gasteiger partial charge on any atom is 0.347 e. The Morgan fingerprint density at radius 3 is 2.92 bits per heavy atom. The molecule has 0 fully saturated rings. The van der Waals surface area contributed by atoms with Gasteiger partial charge in [-0.2, -0.15) is 0 Å². The summed E-state index contributed by atoms with van der Waals surface area (Å²) >= 11 is 0. The molecule has 0 unspecified atom stereocenters. The van der Waals surface area contributed by atoms with Crippen molar-refractivity contribution < 1.29 is 4.79 Å². The van der Waals surface area contributed by atoms with Crippen molar-refractivity contribution in [2.24, 2.45) is 5.84 Å². The molecule has 12 heavy (non-hydrogen) atoms. The zero-order chi connectivity index (χ0) is 8.81. The Morgan fingerprint density at radius 1 is 1.50 bits per heavy atom. The number of rotatable bonds is 2. The van der Waals surface area contributed by atoms with E-state index in [-0.39, 0.29) is 0 Å². The van der Waals surface area contributed by atoms with Gasteiger partial charge in [0.25, 0.3) is 0 Å². The molecule has 1 aromatic rings. The van der Waals surface area contributed by atoms with E-state index in [1.807, 2.05) is 5.43 Å². The van der Waals surface area contributed by atoms with Gasteiger partial charge in [-0.05, 0) is 12.1 Å². The molecule has 5 N–H and O–H groups in total. The van der Waals surface area contributed by atoms with Gasteiger partial charge >= 0.3 is 6.03 Å². The summed E-state index contributed by atoms with van der Waals surface area (Å²) in [7, 11) is 0. The zero-order valence-corrected chi connectivity index (χ0v) is 6.24. The van der Waals surface area contributed by atoms with E-state index >= 15 is 0 Å². The summed E-state index contributed by atoms with van der Waals surface area (Å²) in [6.07, 6.45) is 1.60. The van der Waals surface area contributed by atoms with Gasteiger partial charge in [-0.25, -0.2) is 21.0 Å². The Hall–Kier alpha value is -1.82. The van der Waals surface area contributed by atoms with Gasteiger partial charge in [0, 0.05) is 6.20 Å². The number of carbonyl (C=O) groups is 1. The molecule has 0 spiro atoms. The Bertz CT molecular complexity index is 249. The molecule has 0 aliphatic carbocycles. The largest absolute Gasteiger partial charge is 0.347 e. The lowest BCUT2D eigenvalue weighted by molar-refractivity contribution is 0.243. The van der Waals surface area contributed by atoms with Gasteiger partial charge in [0.15, 0.2) is 0 Å². The number of nitrogens with one attached hydrogen (secondary N) is 3. The minimum atomic E-state index is -0.527. The second kappa shape index (κ2) is 4.14. The average molecular weight is 167 g/mol. The first-order valence-electron chi connectivity index (χ1n) is 3.26. The first-order valence-corrected chi connectivity index (χ1v) is 3.26. The van der Waals surface area contributed by atoms with E-state index in [1.165, 1.54) is 0 Å². The standard InChI is InChI=1S/C6H9N5O/c7-9-6(12)11-10-5-3-1-2-4-8-5/h1-4H,7H2,(H,8,10)(H2,9,11,12). The fourth-order valence-corrected chi connectivity index (χ4v) is 0.594. The monoisotopic (exact) mass is 167 g/mol. The second-order valence-electron chi connectivity index (χ2n) is 1.94. The van der Waals surface area contributed by atoms with Crippen LogP contribution in [0.25, 0.3) is 0 Å². The van der Waals surface area contributed by atoms with Crippen LogP contribution in [-0.2, 0) is 0 Å². The fraction of sp³-hybridized carbons (Fsp3) is 0. The number of pyridine rings is 1. The number of carbonyl (C=O) groups excluding carboxylic acids is 1. The third-order valence-corrected chi connectivity index (χ3v) is 1.10. The van der Waals surface area contributed by atoms with Gasteiger partial charge in [0.05, 0.1) is 0 Å². The predicted octanol–water partition coefficient (Wildman–Crippen LogP) is -0.419. The van der Waals surface area contributed by atoms with Crippen LogP contribution in [-0.4, -0.2) is 11.0 Å². The van der Waals surface area contributed by atoms with Crippen LogP contribution in [0.2, 0.25) is 0 Å². The highest BCUT2D eigenvalue weighted by Crippen LogP contribution is 1.96.